The van der Waals surface area contributed by atoms with Crippen LogP contribution in [-0.4, -0.2) is 17.7 Å². The van der Waals surface area contributed by atoms with Crippen molar-refractivity contribution in [3.05, 3.63) is 24.8 Å². The summed E-state index contributed by atoms with van der Waals surface area (Å²) in [6.45, 7) is 10.9. The molecular formula is C11H19NO2. The zero-order chi connectivity index (χ0) is 11.2. The van der Waals surface area contributed by atoms with Crippen LogP contribution >= 0.6 is 0 Å². The molecule has 1 amide bonds. The Morgan fingerprint density at radius 3 is 2.50 bits per heavy atom. The molecule has 3 heteroatoms. The summed E-state index contributed by atoms with van der Waals surface area (Å²) in [5, 5.41) is 2.68. The van der Waals surface area contributed by atoms with Crippen molar-refractivity contribution in [1.82, 2.24) is 5.32 Å². The van der Waals surface area contributed by atoms with E-state index in [0.717, 1.165) is 0 Å². The topological polar surface area (TPSA) is 38.3 Å². The first-order valence-electron chi connectivity index (χ1n) is 4.64. The number of carbonyl (C=O) groups is 1. The quantitative estimate of drug-likeness (QED) is 0.706. The van der Waals surface area contributed by atoms with E-state index in [0.29, 0.717) is 0 Å². The molecule has 3 nitrogen and oxygen atoms in total. The Balaban J connectivity index is 3.94. The van der Waals surface area contributed by atoms with Gasteiger partial charge in [-0.15, -0.1) is 0 Å². The maximum Gasteiger partial charge on any atom is 0.408 e. The van der Waals surface area contributed by atoms with E-state index in [-0.39, 0.29) is 6.04 Å². The average molecular weight is 197 g/mol. The lowest BCUT2D eigenvalue weighted by Crippen LogP contribution is -2.36. The summed E-state index contributed by atoms with van der Waals surface area (Å²) >= 11 is 0. The minimum absolute atomic E-state index is 0.0529. The van der Waals surface area contributed by atoms with Crippen LogP contribution in [0.5, 0.6) is 0 Å². The van der Waals surface area contributed by atoms with Gasteiger partial charge in [-0.1, -0.05) is 24.8 Å². The zero-order valence-electron chi connectivity index (χ0n) is 9.33. The van der Waals surface area contributed by atoms with Crippen LogP contribution in [0.25, 0.3) is 0 Å². The fraction of sp³-hybridized carbons (Fsp3) is 0.545. The lowest BCUT2D eigenvalue weighted by molar-refractivity contribution is 0.0518. The highest BCUT2D eigenvalue weighted by Gasteiger charge is 2.16. The van der Waals surface area contributed by atoms with Crippen molar-refractivity contribution >= 4 is 6.09 Å². The smallest absolute Gasteiger partial charge is 0.408 e. The van der Waals surface area contributed by atoms with Gasteiger partial charge in [0.2, 0.25) is 0 Å². The van der Waals surface area contributed by atoms with Gasteiger partial charge in [-0.05, 0) is 27.7 Å². The number of alkyl carbamates (subject to hydrolysis) is 1. The number of allylic oxidation sites excluding steroid dienone is 2. The fourth-order valence-corrected chi connectivity index (χ4v) is 0.787. The maximum absolute atomic E-state index is 11.2. The van der Waals surface area contributed by atoms with Gasteiger partial charge in [-0.3, -0.25) is 0 Å². The van der Waals surface area contributed by atoms with Crippen molar-refractivity contribution in [2.75, 3.05) is 0 Å². The maximum atomic E-state index is 11.2. The molecule has 80 valence electrons. The highest BCUT2D eigenvalue weighted by atomic mass is 16.6. The minimum Gasteiger partial charge on any atom is -0.444 e. The van der Waals surface area contributed by atoms with E-state index in [2.05, 4.69) is 11.9 Å². The molecule has 0 rings (SSSR count). The zero-order valence-corrected chi connectivity index (χ0v) is 9.33. The number of rotatable bonds is 3. The summed E-state index contributed by atoms with van der Waals surface area (Å²) in [6, 6.07) is -0.0529. The number of ether oxygens (including phenoxy) is 1. The van der Waals surface area contributed by atoms with E-state index in [1.54, 1.807) is 12.2 Å². The Morgan fingerprint density at radius 1 is 1.50 bits per heavy atom. The normalized spacial score (nSPS) is 13.7. The highest BCUT2D eigenvalue weighted by molar-refractivity contribution is 5.68. The second kappa shape index (κ2) is 5.47. The molecule has 0 aliphatic rings. The summed E-state index contributed by atoms with van der Waals surface area (Å²) in [6.07, 6.45) is 4.87. The predicted molar refractivity (Wildman–Crippen MR) is 58.2 cm³/mol. The summed E-state index contributed by atoms with van der Waals surface area (Å²) in [7, 11) is 0. The molecule has 0 aromatic rings. The third kappa shape index (κ3) is 7.40. The van der Waals surface area contributed by atoms with Crippen molar-refractivity contribution in [1.29, 1.82) is 0 Å². The molecule has 0 aromatic heterocycles. The van der Waals surface area contributed by atoms with Crippen molar-refractivity contribution in [2.24, 2.45) is 0 Å². The van der Waals surface area contributed by atoms with E-state index < -0.39 is 11.7 Å². The summed E-state index contributed by atoms with van der Waals surface area (Å²) < 4.78 is 5.08. The summed E-state index contributed by atoms with van der Waals surface area (Å²) in [4.78, 5) is 11.2. The molecule has 0 fully saturated rings. The number of carbonyl (C=O) groups excluding carboxylic acids is 1. The first-order valence-corrected chi connectivity index (χ1v) is 4.64. The molecule has 1 N–H and O–H groups in total. The van der Waals surface area contributed by atoms with Gasteiger partial charge in [-0.2, -0.15) is 0 Å². The Hall–Kier alpha value is -1.25. The van der Waals surface area contributed by atoms with Crippen LogP contribution in [0.1, 0.15) is 27.7 Å². The summed E-state index contributed by atoms with van der Waals surface area (Å²) in [5.41, 5.74) is -0.452. The van der Waals surface area contributed by atoms with E-state index >= 15 is 0 Å². The molecule has 0 saturated heterocycles. The van der Waals surface area contributed by atoms with Crippen LogP contribution in [0.3, 0.4) is 0 Å². The molecule has 0 spiro atoms. The van der Waals surface area contributed by atoms with Crippen LogP contribution in [0.2, 0.25) is 0 Å². The number of hydrogen-bond donors (Lipinski definition) is 1. The Kier molecular flexibility index (Phi) is 4.99. The van der Waals surface area contributed by atoms with E-state index in [1.165, 1.54) is 0 Å². The van der Waals surface area contributed by atoms with Crippen molar-refractivity contribution in [3.8, 4) is 0 Å². The predicted octanol–water partition coefficient (Wildman–Crippen LogP) is 2.64. The Morgan fingerprint density at radius 2 is 2.07 bits per heavy atom. The van der Waals surface area contributed by atoms with Gasteiger partial charge in [0, 0.05) is 6.04 Å². The first-order chi connectivity index (χ1) is 6.35. The van der Waals surface area contributed by atoms with Crippen molar-refractivity contribution < 1.29 is 9.53 Å². The number of nitrogens with one attached hydrogen (secondary N) is 1. The Bertz CT molecular complexity index is 226. The van der Waals surface area contributed by atoms with E-state index in [1.807, 2.05) is 33.8 Å². The second-order valence-corrected chi connectivity index (χ2v) is 4.06. The van der Waals surface area contributed by atoms with Gasteiger partial charge in [0.15, 0.2) is 0 Å². The molecule has 1 unspecified atom stereocenters. The molecule has 0 bridgehead atoms. The van der Waals surface area contributed by atoms with Gasteiger partial charge in [0.25, 0.3) is 0 Å². The highest BCUT2D eigenvalue weighted by Crippen LogP contribution is 2.06. The number of amides is 1. The standard InChI is InChI=1S/C11H19NO2/c1-6-7-8-9(2)12-10(13)14-11(3,4)5/h6-9H,1H2,2-5H3,(H,12,13)/b8-7+. The largest absolute Gasteiger partial charge is 0.444 e. The number of hydrogen-bond acceptors (Lipinski definition) is 2. The van der Waals surface area contributed by atoms with E-state index in [9.17, 15) is 4.79 Å². The first kappa shape index (κ1) is 12.8. The molecule has 0 saturated carbocycles. The van der Waals surface area contributed by atoms with Gasteiger partial charge < -0.3 is 10.1 Å². The molecule has 0 aliphatic heterocycles. The molecule has 0 heterocycles. The average Bonchev–Trinajstić information content (AvgIpc) is 1.96. The molecule has 0 aliphatic carbocycles. The second-order valence-electron chi connectivity index (χ2n) is 4.06. The molecule has 1 atom stereocenters. The van der Waals surface area contributed by atoms with Gasteiger partial charge in [0.05, 0.1) is 0 Å². The summed E-state index contributed by atoms with van der Waals surface area (Å²) in [5.74, 6) is 0. The lowest BCUT2D eigenvalue weighted by atomic mass is 10.2. The van der Waals surface area contributed by atoms with Crippen LogP contribution < -0.4 is 5.32 Å². The van der Waals surface area contributed by atoms with E-state index in [4.69, 9.17) is 4.74 Å². The van der Waals surface area contributed by atoms with Gasteiger partial charge in [0.1, 0.15) is 5.60 Å². The molecule has 0 aromatic carbocycles. The fourth-order valence-electron chi connectivity index (χ4n) is 0.787. The minimum atomic E-state index is -0.452. The van der Waals surface area contributed by atoms with Crippen LogP contribution in [-0.2, 0) is 4.74 Å². The van der Waals surface area contributed by atoms with Crippen molar-refractivity contribution in [2.45, 2.75) is 39.3 Å². The Labute approximate surface area is 85.8 Å². The molecule has 0 radical (unpaired) electrons. The van der Waals surface area contributed by atoms with Crippen LogP contribution in [0.15, 0.2) is 24.8 Å². The van der Waals surface area contributed by atoms with Crippen molar-refractivity contribution in [3.63, 3.8) is 0 Å². The lowest BCUT2D eigenvalue weighted by Gasteiger charge is -2.20. The van der Waals surface area contributed by atoms with Crippen LogP contribution in [0, 0.1) is 0 Å². The third-order valence-electron chi connectivity index (χ3n) is 1.28. The van der Waals surface area contributed by atoms with Gasteiger partial charge >= 0.3 is 6.09 Å². The van der Waals surface area contributed by atoms with Gasteiger partial charge in [-0.25, -0.2) is 4.79 Å². The molecular weight excluding hydrogens is 178 g/mol. The monoisotopic (exact) mass is 197 g/mol. The third-order valence-corrected chi connectivity index (χ3v) is 1.28. The molecule has 14 heavy (non-hydrogen) atoms. The SMILES string of the molecule is C=C/C=C/C(C)NC(=O)OC(C)(C)C. The van der Waals surface area contributed by atoms with Crippen LogP contribution in [0.4, 0.5) is 4.79 Å².